The zero-order chi connectivity index (χ0) is 15.2. The van der Waals surface area contributed by atoms with Crippen LogP contribution in [0.5, 0.6) is 11.5 Å². The van der Waals surface area contributed by atoms with E-state index in [0.717, 1.165) is 32.1 Å². The normalized spacial score (nSPS) is 22.2. The van der Waals surface area contributed by atoms with Crippen LogP contribution in [0.4, 0.5) is 0 Å². The summed E-state index contributed by atoms with van der Waals surface area (Å²) in [6, 6.07) is 4.87. The Morgan fingerprint density at radius 1 is 1.10 bits per heavy atom. The second-order valence-corrected chi connectivity index (χ2v) is 5.39. The molecule has 2 rings (SSSR count). The van der Waals surface area contributed by atoms with E-state index in [-0.39, 0.29) is 11.9 Å². The van der Waals surface area contributed by atoms with Crippen molar-refractivity contribution in [3.63, 3.8) is 0 Å². The Morgan fingerprint density at radius 3 is 2.33 bits per heavy atom. The second-order valence-electron chi connectivity index (χ2n) is 5.39. The molecule has 1 amide bonds. The molecular formula is C16H23NO4. The number of carbonyl (C=O) groups is 1. The third-order valence-corrected chi connectivity index (χ3v) is 3.91. The minimum Gasteiger partial charge on any atom is -0.497 e. The maximum Gasteiger partial charge on any atom is 0.251 e. The largest absolute Gasteiger partial charge is 0.497 e. The Kier molecular flexibility index (Phi) is 5.44. The van der Waals surface area contributed by atoms with E-state index in [0.29, 0.717) is 17.1 Å². The molecule has 0 heterocycles. The highest BCUT2D eigenvalue weighted by molar-refractivity contribution is 5.95. The number of benzene rings is 1. The Labute approximate surface area is 125 Å². The van der Waals surface area contributed by atoms with E-state index in [1.54, 1.807) is 32.4 Å². The summed E-state index contributed by atoms with van der Waals surface area (Å²) in [7, 11) is 3.09. The Bertz CT molecular complexity index is 467. The van der Waals surface area contributed by atoms with Crippen LogP contribution >= 0.6 is 0 Å². The van der Waals surface area contributed by atoms with E-state index in [9.17, 15) is 9.90 Å². The number of aliphatic hydroxyl groups is 1. The van der Waals surface area contributed by atoms with Crippen LogP contribution in [0, 0.1) is 0 Å². The molecule has 0 aromatic heterocycles. The zero-order valence-electron chi connectivity index (χ0n) is 12.6. The Morgan fingerprint density at radius 2 is 1.71 bits per heavy atom. The van der Waals surface area contributed by atoms with Gasteiger partial charge in [-0.2, -0.15) is 0 Å². The van der Waals surface area contributed by atoms with Gasteiger partial charge in [-0.1, -0.05) is 19.3 Å². The summed E-state index contributed by atoms with van der Waals surface area (Å²) in [6.07, 6.45) is 4.24. The summed E-state index contributed by atoms with van der Waals surface area (Å²) in [5.41, 5.74) is 0.475. The minimum atomic E-state index is -0.469. The molecule has 116 valence electrons. The van der Waals surface area contributed by atoms with Crippen LogP contribution in [0.2, 0.25) is 0 Å². The van der Waals surface area contributed by atoms with Gasteiger partial charge in [-0.3, -0.25) is 4.79 Å². The first-order valence-corrected chi connectivity index (χ1v) is 7.36. The molecule has 21 heavy (non-hydrogen) atoms. The SMILES string of the molecule is COc1cc(OC)cc(C(=O)NC2CCCCCC2O)c1. The van der Waals surface area contributed by atoms with Gasteiger partial charge >= 0.3 is 0 Å². The lowest BCUT2D eigenvalue weighted by Gasteiger charge is -2.22. The predicted molar refractivity (Wildman–Crippen MR) is 79.9 cm³/mol. The lowest BCUT2D eigenvalue weighted by atomic mass is 10.1. The molecule has 2 N–H and O–H groups in total. The van der Waals surface area contributed by atoms with Gasteiger partial charge in [-0.15, -0.1) is 0 Å². The van der Waals surface area contributed by atoms with Crippen LogP contribution in [-0.2, 0) is 0 Å². The predicted octanol–water partition coefficient (Wildman–Crippen LogP) is 2.13. The first kappa shape index (κ1) is 15.6. The number of ether oxygens (including phenoxy) is 2. The molecule has 0 saturated heterocycles. The van der Waals surface area contributed by atoms with E-state index in [2.05, 4.69) is 5.32 Å². The van der Waals surface area contributed by atoms with Crippen molar-refractivity contribution in [2.24, 2.45) is 0 Å². The Balaban J connectivity index is 2.11. The fourth-order valence-corrected chi connectivity index (χ4v) is 2.65. The number of amides is 1. The number of hydrogen-bond acceptors (Lipinski definition) is 4. The van der Waals surface area contributed by atoms with Gasteiger partial charge < -0.3 is 19.9 Å². The molecule has 5 nitrogen and oxygen atoms in total. The molecule has 5 heteroatoms. The van der Waals surface area contributed by atoms with Crippen molar-refractivity contribution < 1.29 is 19.4 Å². The van der Waals surface area contributed by atoms with E-state index in [1.165, 1.54) is 0 Å². The maximum absolute atomic E-state index is 12.4. The van der Waals surface area contributed by atoms with Crippen LogP contribution in [-0.4, -0.2) is 37.4 Å². The first-order valence-electron chi connectivity index (χ1n) is 7.36. The van der Waals surface area contributed by atoms with Crippen LogP contribution in [0.15, 0.2) is 18.2 Å². The van der Waals surface area contributed by atoms with Gasteiger partial charge in [-0.05, 0) is 25.0 Å². The molecule has 1 fully saturated rings. The minimum absolute atomic E-state index is 0.183. The number of aliphatic hydroxyl groups excluding tert-OH is 1. The number of hydrogen-bond donors (Lipinski definition) is 2. The molecule has 1 aromatic carbocycles. The highest BCUT2D eigenvalue weighted by atomic mass is 16.5. The fourth-order valence-electron chi connectivity index (χ4n) is 2.65. The van der Waals surface area contributed by atoms with Crippen LogP contribution in [0.3, 0.4) is 0 Å². The van der Waals surface area contributed by atoms with Gasteiger partial charge in [-0.25, -0.2) is 0 Å². The molecule has 2 atom stereocenters. The van der Waals surface area contributed by atoms with Crippen molar-refractivity contribution in [1.82, 2.24) is 5.32 Å². The standard InChI is InChI=1S/C16H23NO4/c1-20-12-8-11(9-13(10-12)21-2)16(19)17-14-6-4-3-5-7-15(14)18/h8-10,14-15,18H,3-7H2,1-2H3,(H,17,19). The van der Waals surface area contributed by atoms with E-state index >= 15 is 0 Å². The van der Waals surface area contributed by atoms with Crippen molar-refractivity contribution in [2.75, 3.05) is 14.2 Å². The quantitative estimate of drug-likeness (QED) is 0.835. The summed E-state index contributed by atoms with van der Waals surface area (Å²) in [5.74, 6) is 0.931. The molecule has 0 bridgehead atoms. The topological polar surface area (TPSA) is 67.8 Å². The number of methoxy groups -OCH3 is 2. The van der Waals surface area contributed by atoms with Gasteiger partial charge in [0, 0.05) is 11.6 Å². The van der Waals surface area contributed by atoms with Crippen molar-refractivity contribution in [3.8, 4) is 11.5 Å². The van der Waals surface area contributed by atoms with Crippen molar-refractivity contribution in [3.05, 3.63) is 23.8 Å². The van der Waals surface area contributed by atoms with Gasteiger partial charge in [0.1, 0.15) is 11.5 Å². The smallest absolute Gasteiger partial charge is 0.251 e. The van der Waals surface area contributed by atoms with Gasteiger partial charge in [0.05, 0.1) is 26.4 Å². The van der Waals surface area contributed by atoms with E-state index in [4.69, 9.17) is 9.47 Å². The summed E-state index contributed by atoms with van der Waals surface area (Å²) in [5, 5.41) is 13.0. The Hall–Kier alpha value is -1.75. The monoisotopic (exact) mass is 293 g/mol. The summed E-state index contributed by atoms with van der Waals surface area (Å²) < 4.78 is 10.3. The maximum atomic E-state index is 12.4. The number of rotatable bonds is 4. The molecule has 0 aliphatic heterocycles. The third kappa shape index (κ3) is 4.11. The average molecular weight is 293 g/mol. The van der Waals surface area contributed by atoms with Gasteiger partial charge in [0.15, 0.2) is 0 Å². The number of nitrogens with one attached hydrogen (secondary N) is 1. The van der Waals surface area contributed by atoms with Gasteiger partial charge in [0.25, 0.3) is 5.91 Å². The van der Waals surface area contributed by atoms with Crippen LogP contribution < -0.4 is 14.8 Å². The third-order valence-electron chi connectivity index (χ3n) is 3.91. The summed E-state index contributed by atoms with van der Waals surface area (Å²) in [6.45, 7) is 0. The highest BCUT2D eigenvalue weighted by Crippen LogP contribution is 2.23. The molecule has 1 saturated carbocycles. The average Bonchev–Trinajstić information content (AvgIpc) is 2.71. The van der Waals surface area contributed by atoms with Gasteiger partial charge in [0.2, 0.25) is 0 Å². The van der Waals surface area contributed by atoms with E-state index in [1.807, 2.05) is 0 Å². The summed E-state index contributed by atoms with van der Waals surface area (Å²) >= 11 is 0. The van der Waals surface area contributed by atoms with Crippen molar-refractivity contribution in [1.29, 1.82) is 0 Å². The molecule has 1 aromatic rings. The zero-order valence-corrected chi connectivity index (χ0v) is 12.6. The molecule has 1 aliphatic carbocycles. The van der Waals surface area contributed by atoms with E-state index < -0.39 is 6.10 Å². The molecule has 0 radical (unpaired) electrons. The highest BCUT2D eigenvalue weighted by Gasteiger charge is 2.24. The van der Waals surface area contributed by atoms with Crippen molar-refractivity contribution >= 4 is 5.91 Å². The van der Waals surface area contributed by atoms with Crippen LogP contribution in [0.25, 0.3) is 0 Å². The molecule has 1 aliphatic rings. The molecule has 2 unspecified atom stereocenters. The fraction of sp³-hybridized carbons (Fsp3) is 0.562. The lowest BCUT2D eigenvalue weighted by Crippen LogP contribution is -2.42. The first-order chi connectivity index (χ1) is 10.1. The number of carbonyl (C=O) groups excluding carboxylic acids is 1. The molecule has 0 spiro atoms. The molecular weight excluding hydrogens is 270 g/mol. The second kappa shape index (κ2) is 7.31. The lowest BCUT2D eigenvalue weighted by molar-refractivity contribution is 0.0818. The van der Waals surface area contributed by atoms with Crippen molar-refractivity contribution in [2.45, 2.75) is 44.2 Å². The van der Waals surface area contributed by atoms with Crippen LogP contribution in [0.1, 0.15) is 42.5 Å². The summed E-state index contributed by atoms with van der Waals surface area (Å²) in [4.78, 5) is 12.4.